The zero-order valence-electron chi connectivity index (χ0n) is 21.4. The van der Waals surface area contributed by atoms with Crippen molar-refractivity contribution >= 4 is 11.7 Å². The lowest BCUT2D eigenvalue weighted by Gasteiger charge is -2.20. The third kappa shape index (κ3) is 5.21. The second-order valence-electron chi connectivity index (χ2n) is 8.25. The monoisotopic (exact) mass is 495 g/mol. The molecule has 2 aromatic carbocycles. The second kappa shape index (κ2) is 11.5. The lowest BCUT2D eigenvalue weighted by Crippen LogP contribution is -2.30. The summed E-state index contributed by atoms with van der Waals surface area (Å²) < 4.78 is 10.2. The van der Waals surface area contributed by atoms with Gasteiger partial charge >= 0.3 is 0 Å². The van der Waals surface area contributed by atoms with Gasteiger partial charge in [0, 0.05) is 35.3 Å². The van der Waals surface area contributed by atoms with Crippen molar-refractivity contribution in [2.75, 3.05) is 27.3 Å². The van der Waals surface area contributed by atoms with Crippen LogP contribution in [0.5, 0.6) is 11.5 Å². The Bertz CT molecular complexity index is 1410. The van der Waals surface area contributed by atoms with E-state index in [0.717, 1.165) is 28.1 Å². The number of carbonyl (C=O) groups excluding carboxylic acids is 2. The SMILES string of the molecule is CCN(CC)C(=O)c1ccccc1-c1ccc(OC)cn1.COc1cnc2c(c1)C(=O)c1ccccc1-2. The number of aromatic nitrogens is 2. The van der Waals surface area contributed by atoms with Crippen LogP contribution in [0.4, 0.5) is 0 Å². The minimum Gasteiger partial charge on any atom is -0.495 e. The third-order valence-corrected chi connectivity index (χ3v) is 6.23. The van der Waals surface area contributed by atoms with Crippen molar-refractivity contribution in [1.29, 1.82) is 0 Å². The van der Waals surface area contributed by atoms with Crippen LogP contribution in [0.2, 0.25) is 0 Å². The number of ether oxygens (including phenoxy) is 2. The maximum absolute atomic E-state index is 12.6. The largest absolute Gasteiger partial charge is 0.495 e. The van der Waals surface area contributed by atoms with Crippen LogP contribution >= 0.6 is 0 Å². The molecule has 0 unspecified atom stereocenters. The maximum Gasteiger partial charge on any atom is 0.254 e. The van der Waals surface area contributed by atoms with Crippen molar-refractivity contribution in [2.24, 2.45) is 0 Å². The number of rotatable bonds is 6. The Kier molecular flexibility index (Phi) is 7.93. The molecule has 0 saturated heterocycles. The van der Waals surface area contributed by atoms with Crippen molar-refractivity contribution < 1.29 is 19.1 Å². The first kappa shape index (κ1) is 25.6. The number of hydrogen-bond donors (Lipinski definition) is 0. The van der Waals surface area contributed by atoms with Gasteiger partial charge in [-0.3, -0.25) is 19.6 Å². The number of methoxy groups -OCH3 is 2. The fourth-order valence-electron chi connectivity index (χ4n) is 4.21. The van der Waals surface area contributed by atoms with Crippen molar-refractivity contribution in [3.63, 3.8) is 0 Å². The lowest BCUT2D eigenvalue weighted by atomic mass is 10.0. The minimum absolute atomic E-state index is 0.0250. The van der Waals surface area contributed by atoms with E-state index in [4.69, 9.17) is 9.47 Å². The summed E-state index contributed by atoms with van der Waals surface area (Å²) in [6.07, 6.45) is 3.29. The van der Waals surface area contributed by atoms with Crippen LogP contribution in [0.1, 0.15) is 40.1 Å². The van der Waals surface area contributed by atoms with Crippen LogP contribution in [0.15, 0.2) is 79.1 Å². The number of ketones is 1. The van der Waals surface area contributed by atoms with Crippen LogP contribution in [-0.2, 0) is 0 Å². The van der Waals surface area contributed by atoms with E-state index in [9.17, 15) is 9.59 Å². The quantitative estimate of drug-likeness (QED) is 0.308. The van der Waals surface area contributed by atoms with Gasteiger partial charge in [0.1, 0.15) is 11.5 Å². The Labute approximate surface area is 216 Å². The normalized spacial score (nSPS) is 11.1. The zero-order chi connectivity index (χ0) is 26.4. The average Bonchev–Trinajstić information content (AvgIpc) is 3.25. The van der Waals surface area contributed by atoms with Crippen LogP contribution in [0, 0.1) is 0 Å². The Morgan fingerprint density at radius 3 is 2.00 bits per heavy atom. The van der Waals surface area contributed by atoms with Gasteiger partial charge in [0.05, 0.1) is 43.6 Å². The molecule has 0 bridgehead atoms. The molecule has 0 fully saturated rings. The first-order chi connectivity index (χ1) is 18.0. The molecule has 0 saturated carbocycles. The van der Waals surface area contributed by atoms with E-state index in [2.05, 4.69) is 9.97 Å². The highest BCUT2D eigenvalue weighted by molar-refractivity contribution is 6.21. The fraction of sp³-hybridized carbons (Fsp3) is 0.200. The molecule has 7 nitrogen and oxygen atoms in total. The van der Waals surface area contributed by atoms with E-state index in [-0.39, 0.29) is 11.7 Å². The maximum atomic E-state index is 12.6. The molecule has 1 amide bonds. The molecule has 1 aliphatic rings. The summed E-state index contributed by atoms with van der Waals surface area (Å²) in [4.78, 5) is 35.1. The second-order valence-corrected chi connectivity index (χ2v) is 8.25. The molecule has 0 atom stereocenters. The van der Waals surface area contributed by atoms with Gasteiger partial charge in [-0.2, -0.15) is 0 Å². The molecular weight excluding hydrogens is 466 g/mol. The van der Waals surface area contributed by atoms with E-state index >= 15 is 0 Å². The summed E-state index contributed by atoms with van der Waals surface area (Å²) in [5.41, 5.74) is 5.30. The smallest absolute Gasteiger partial charge is 0.254 e. The Morgan fingerprint density at radius 1 is 0.757 bits per heavy atom. The highest BCUT2D eigenvalue weighted by atomic mass is 16.5. The predicted octanol–water partition coefficient (Wildman–Crippen LogP) is 5.54. The number of pyridine rings is 2. The van der Waals surface area contributed by atoms with E-state index < -0.39 is 0 Å². The van der Waals surface area contributed by atoms with Crippen LogP contribution < -0.4 is 9.47 Å². The number of nitrogens with zero attached hydrogens (tertiary/aromatic N) is 3. The van der Waals surface area contributed by atoms with Crippen molar-refractivity contribution in [1.82, 2.24) is 14.9 Å². The Hall–Kier alpha value is -4.52. The third-order valence-electron chi connectivity index (χ3n) is 6.23. The summed E-state index contributed by atoms with van der Waals surface area (Å²) in [6.45, 7) is 5.35. The number of amides is 1. The van der Waals surface area contributed by atoms with Crippen LogP contribution in [0.3, 0.4) is 0 Å². The van der Waals surface area contributed by atoms with Gasteiger partial charge in [0.25, 0.3) is 5.91 Å². The Morgan fingerprint density at radius 2 is 1.38 bits per heavy atom. The topological polar surface area (TPSA) is 81.6 Å². The molecule has 4 aromatic rings. The summed E-state index contributed by atoms with van der Waals surface area (Å²) in [7, 11) is 3.17. The van der Waals surface area contributed by atoms with E-state index in [1.165, 1.54) is 0 Å². The zero-order valence-corrected chi connectivity index (χ0v) is 21.4. The molecule has 2 aromatic heterocycles. The average molecular weight is 496 g/mol. The van der Waals surface area contributed by atoms with Gasteiger partial charge < -0.3 is 14.4 Å². The summed E-state index contributed by atoms with van der Waals surface area (Å²) in [6, 6.07) is 20.5. The first-order valence-corrected chi connectivity index (χ1v) is 12.1. The van der Waals surface area contributed by atoms with Gasteiger partial charge in [-0.15, -0.1) is 0 Å². The van der Waals surface area contributed by atoms with Crippen molar-refractivity contribution in [2.45, 2.75) is 13.8 Å². The molecular formula is C30H29N3O4. The number of hydrogen-bond acceptors (Lipinski definition) is 6. The molecule has 5 rings (SSSR count). The van der Waals surface area contributed by atoms with Crippen LogP contribution in [-0.4, -0.2) is 53.9 Å². The van der Waals surface area contributed by atoms with Crippen molar-refractivity contribution in [3.8, 4) is 34.0 Å². The molecule has 0 aliphatic heterocycles. The molecule has 0 N–H and O–H groups in total. The predicted molar refractivity (Wildman–Crippen MR) is 143 cm³/mol. The summed E-state index contributed by atoms with van der Waals surface area (Å²) >= 11 is 0. The summed E-state index contributed by atoms with van der Waals surface area (Å²) in [5.74, 6) is 1.37. The van der Waals surface area contributed by atoms with Crippen molar-refractivity contribution in [3.05, 3.63) is 95.8 Å². The number of benzene rings is 2. The Balaban J connectivity index is 0.000000179. The van der Waals surface area contributed by atoms with Gasteiger partial charge in [-0.05, 0) is 38.1 Å². The van der Waals surface area contributed by atoms with Gasteiger partial charge in [0.15, 0.2) is 5.78 Å². The first-order valence-electron chi connectivity index (χ1n) is 12.1. The van der Waals surface area contributed by atoms with Gasteiger partial charge in [-0.1, -0.05) is 42.5 Å². The van der Waals surface area contributed by atoms with E-state index in [1.807, 2.05) is 79.4 Å². The fourth-order valence-corrected chi connectivity index (χ4v) is 4.21. The molecule has 0 radical (unpaired) electrons. The van der Waals surface area contributed by atoms with E-state index in [0.29, 0.717) is 35.7 Å². The molecule has 37 heavy (non-hydrogen) atoms. The molecule has 0 spiro atoms. The van der Waals surface area contributed by atoms with Gasteiger partial charge in [0.2, 0.25) is 0 Å². The molecule has 1 aliphatic carbocycles. The lowest BCUT2D eigenvalue weighted by molar-refractivity contribution is 0.0773. The standard InChI is InChI=1S/C17H20N2O2.C13H9NO2/c1-4-19(5-2)17(20)15-9-7-6-8-14(15)16-11-10-13(21-3)12-18-16;1-16-8-6-11-12(14-7-8)9-4-2-3-5-10(9)13(11)15/h6-12H,4-5H2,1-3H3;2-7H,1H3. The highest BCUT2D eigenvalue weighted by Gasteiger charge is 2.27. The highest BCUT2D eigenvalue weighted by Crippen LogP contribution is 2.36. The molecule has 7 heteroatoms. The van der Waals surface area contributed by atoms with Crippen LogP contribution in [0.25, 0.3) is 22.5 Å². The number of fused-ring (bicyclic) bond motifs is 3. The molecule has 2 heterocycles. The number of carbonyl (C=O) groups is 2. The molecule has 188 valence electrons. The van der Waals surface area contributed by atoms with E-state index in [1.54, 1.807) is 32.7 Å². The van der Waals surface area contributed by atoms with Gasteiger partial charge in [-0.25, -0.2) is 0 Å². The summed E-state index contributed by atoms with van der Waals surface area (Å²) in [5, 5.41) is 0. The minimum atomic E-state index is 0.0250.